The van der Waals surface area contributed by atoms with Gasteiger partial charge in [0.1, 0.15) is 5.82 Å². The van der Waals surface area contributed by atoms with E-state index in [-0.39, 0.29) is 5.57 Å². The second-order valence-electron chi connectivity index (χ2n) is 4.76. The zero-order valence-corrected chi connectivity index (χ0v) is 11.9. The number of rotatable bonds is 4. The average molecular weight is 308 g/mol. The maximum absolute atomic E-state index is 11.9. The maximum Gasteiger partial charge on any atom is 0.316 e. The fourth-order valence-electron chi connectivity index (χ4n) is 2.12. The molecule has 0 fully saturated rings. The van der Waals surface area contributed by atoms with E-state index in [4.69, 9.17) is 0 Å². The molecule has 0 atom stereocenters. The highest BCUT2D eigenvalue weighted by Crippen LogP contribution is 2.15. The van der Waals surface area contributed by atoms with Crippen molar-refractivity contribution in [1.29, 1.82) is 0 Å². The zero-order chi connectivity index (χ0) is 16.2. The van der Waals surface area contributed by atoms with Crippen LogP contribution in [0.4, 0.5) is 5.82 Å². The summed E-state index contributed by atoms with van der Waals surface area (Å²) in [5.74, 6) is -0.0731. The second kappa shape index (κ2) is 6.10. The fourth-order valence-corrected chi connectivity index (χ4v) is 2.12. The van der Waals surface area contributed by atoms with Crippen LogP contribution in [0.3, 0.4) is 0 Å². The van der Waals surface area contributed by atoms with Crippen molar-refractivity contribution in [3.8, 4) is 0 Å². The molecule has 0 aliphatic heterocycles. The standard InChI is InChI=1S/C16H12N4O3/c21-16-12(5-3-7-14(16)20(22)23)10-17-19-15-9-8-11-4-1-2-6-13(11)18-15/h1-10,17H,(H,18,19)/b12-10+. The zero-order valence-electron chi connectivity index (χ0n) is 11.9. The number of anilines is 1. The van der Waals surface area contributed by atoms with E-state index in [0.29, 0.717) is 5.82 Å². The Morgan fingerprint density at radius 3 is 2.83 bits per heavy atom. The number of carbonyl (C=O) groups is 1. The number of hydrogen-bond donors (Lipinski definition) is 2. The Bertz CT molecular complexity index is 884. The number of nitrogens with zero attached hydrogens (tertiary/aromatic N) is 2. The van der Waals surface area contributed by atoms with Crippen molar-refractivity contribution in [2.75, 3.05) is 5.43 Å². The van der Waals surface area contributed by atoms with Crippen LogP contribution in [0.25, 0.3) is 10.9 Å². The molecule has 7 heteroatoms. The molecule has 7 nitrogen and oxygen atoms in total. The second-order valence-corrected chi connectivity index (χ2v) is 4.76. The first kappa shape index (κ1) is 14.5. The Labute approximate surface area is 131 Å². The minimum atomic E-state index is -0.696. The third-order valence-electron chi connectivity index (χ3n) is 3.25. The van der Waals surface area contributed by atoms with Crippen LogP contribution < -0.4 is 10.9 Å². The van der Waals surface area contributed by atoms with Crippen molar-refractivity contribution in [2.45, 2.75) is 0 Å². The van der Waals surface area contributed by atoms with Gasteiger partial charge in [-0.2, -0.15) is 0 Å². The summed E-state index contributed by atoms with van der Waals surface area (Å²) in [6.45, 7) is 0. The molecule has 1 heterocycles. The summed E-state index contributed by atoms with van der Waals surface area (Å²) in [4.78, 5) is 26.3. The van der Waals surface area contributed by atoms with Crippen molar-refractivity contribution >= 4 is 22.5 Å². The van der Waals surface area contributed by atoms with Crippen LogP contribution in [0.15, 0.2) is 72.1 Å². The van der Waals surface area contributed by atoms with Gasteiger partial charge in [-0.1, -0.05) is 24.3 Å². The van der Waals surface area contributed by atoms with Gasteiger partial charge in [0.2, 0.25) is 0 Å². The molecule has 3 rings (SSSR count). The number of hydrogen-bond acceptors (Lipinski definition) is 6. The molecule has 0 amide bonds. The number of carbonyl (C=O) groups excluding carboxylic acids is 1. The predicted octanol–water partition coefficient (Wildman–Crippen LogP) is 2.33. The molecular weight excluding hydrogens is 296 g/mol. The van der Waals surface area contributed by atoms with Crippen molar-refractivity contribution in [1.82, 2.24) is 10.4 Å². The van der Waals surface area contributed by atoms with Gasteiger partial charge in [-0.15, -0.1) is 0 Å². The van der Waals surface area contributed by atoms with E-state index in [2.05, 4.69) is 15.8 Å². The number of ketones is 1. The minimum absolute atomic E-state index is 0.187. The largest absolute Gasteiger partial charge is 0.316 e. The summed E-state index contributed by atoms with van der Waals surface area (Å²) in [6.07, 6.45) is 5.50. The normalized spacial score (nSPS) is 15.6. The molecule has 1 aliphatic carbocycles. The number of benzene rings is 1. The van der Waals surface area contributed by atoms with E-state index < -0.39 is 16.4 Å². The molecule has 114 valence electrons. The fraction of sp³-hybridized carbons (Fsp3) is 0. The summed E-state index contributed by atoms with van der Waals surface area (Å²) in [6, 6.07) is 11.4. The highest BCUT2D eigenvalue weighted by molar-refractivity contribution is 6.09. The first-order valence-corrected chi connectivity index (χ1v) is 6.80. The molecule has 2 aromatic rings. The monoisotopic (exact) mass is 308 g/mol. The maximum atomic E-state index is 11.9. The van der Waals surface area contributed by atoms with Gasteiger partial charge < -0.3 is 5.43 Å². The number of hydrazine groups is 1. The molecule has 0 saturated carbocycles. The van der Waals surface area contributed by atoms with Gasteiger partial charge in [-0.3, -0.25) is 20.3 Å². The van der Waals surface area contributed by atoms with Crippen LogP contribution in [0.1, 0.15) is 0 Å². The lowest BCUT2D eigenvalue weighted by Crippen LogP contribution is -2.20. The van der Waals surface area contributed by atoms with Gasteiger partial charge in [0, 0.05) is 23.2 Å². The Hall–Kier alpha value is -3.48. The van der Waals surface area contributed by atoms with E-state index in [1.807, 2.05) is 30.3 Å². The summed E-state index contributed by atoms with van der Waals surface area (Å²) in [7, 11) is 0. The summed E-state index contributed by atoms with van der Waals surface area (Å²) in [5.41, 5.74) is 6.13. The minimum Gasteiger partial charge on any atom is -0.306 e. The lowest BCUT2D eigenvalue weighted by atomic mass is 10.1. The molecule has 0 radical (unpaired) electrons. The molecule has 0 unspecified atom stereocenters. The molecule has 1 aromatic heterocycles. The molecule has 1 aliphatic rings. The van der Waals surface area contributed by atoms with Crippen LogP contribution >= 0.6 is 0 Å². The topological polar surface area (TPSA) is 97.2 Å². The van der Waals surface area contributed by atoms with Crippen molar-refractivity contribution in [3.63, 3.8) is 0 Å². The number of allylic oxidation sites excluding steroid dienone is 4. The van der Waals surface area contributed by atoms with E-state index in [0.717, 1.165) is 10.9 Å². The number of Topliss-reactive ketones (excluding diaryl/α,β-unsaturated/α-hetero) is 1. The number of pyridine rings is 1. The van der Waals surface area contributed by atoms with E-state index in [1.165, 1.54) is 24.4 Å². The van der Waals surface area contributed by atoms with Gasteiger partial charge in [0.25, 0.3) is 5.78 Å². The lowest BCUT2D eigenvalue weighted by molar-refractivity contribution is -0.418. The van der Waals surface area contributed by atoms with Crippen molar-refractivity contribution in [2.24, 2.45) is 0 Å². The summed E-state index contributed by atoms with van der Waals surface area (Å²) >= 11 is 0. The Balaban J connectivity index is 1.71. The number of para-hydroxylation sites is 1. The van der Waals surface area contributed by atoms with Crippen LogP contribution in [-0.4, -0.2) is 15.7 Å². The average Bonchev–Trinajstić information content (AvgIpc) is 2.56. The van der Waals surface area contributed by atoms with Crippen LogP contribution in [-0.2, 0) is 4.79 Å². The number of nitrogens with one attached hydrogen (secondary N) is 2. The predicted molar refractivity (Wildman–Crippen MR) is 85.8 cm³/mol. The van der Waals surface area contributed by atoms with Crippen LogP contribution in [0, 0.1) is 10.1 Å². The first-order chi connectivity index (χ1) is 11.1. The molecule has 0 saturated heterocycles. The van der Waals surface area contributed by atoms with E-state index in [9.17, 15) is 14.9 Å². The Morgan fingerprint density at radius 2 is 2.00 bits per heavy atom. The summed E-state index contributed by atoms with van der Waals surface area (Å²) in [5, 5.41) is 11.8. The highest BCUT2D eigenvalue weighted by Gasteiger charge is 2.25. The highest BCUT2D eigenvalue weighted by atomic mass is 16.6. The van der Waals surface area contributed by atoms with Crippen molar-refractivity contribution < 1.29 is 9.72 Å². The third-order valence-corrected chi connectivity index (χ3v) is 3.25. The lowest BCUT2D eigenvalue weighted by Gasteiger charge is -2.08. The van der Waals surface area contributed by atoms with E-state index in [1.54, 1.807) is 6.07 Å². The third kappa shape index (κ3) is 3.08. The van der Waals surface area contributed by atoms with Gasteiger partial charge in [0.05, 0.1) is 10.4 Å². The van der Waals surface area contributed by atoms with Gasteiger partial charge >= 0.3 is 5.70 Å². The molecular formula is C16H12N4O3. The number of nitro groups is 1. The Morgan fingerprint density at radius 1 is 1.17 bits per heavy atom. The number of aromatic nitrogens is 1. The number of fused-ring (bicyclic) bond motifs is 1. The van der Waals surface area contributed by atoms with E-state index >= 15 is 0 Å². The molecule has 23 heavy (non-hydrogen) atoms. The SMILES string of the molecule is O=C1C([N+](=O)[O-])=CC=C/C1=C\NNc1ccc2ccccc2n1. The quantitative estimate of drug-likeness (QED) is 0.511. The molecule has 0 spiro atoms. The van der Waals surface area contributed by atoms with Crippen molar-refractivity contribution in [3.05, 3.63) is 82.2 Å². The van der Waals surface area contributed by atoms with Gasteiger partial charge in [-0.05, 0) is 24.3 Å². The van der Waals surface area contributed by atoms with Gasteiger partial charge in [-0.25, -0.2) is 4.98 Å². The van der Waals surface area contributed by atoms with Crippen LogP contribution in [0.5, 0.6) is 0 Å². The molecule has 0 bridgehead atoms. The van der Waals surface area contributed by atoms with Crippen LogP contribution in [0.2, 0.25) is 0 Å². The Kier molecular flexibility index (Phi) is 3.84. The first-order valence-electron chi connectivity index (χ1n) is 6.80. The summed E-state index contributed by atoms with van der Waals surface area (Å²) < 4.78 is 0. The smallest absolute Gasteiger partial charge is 0.306 e. The molecule has 2 N–H and O–H groups in total. The molecule has 1 aromatic carbocycles. The van der Waals surface area contributed by atoms with Gasteiger partial charge in [0.15, 0.2) is 0 Å².